The van der Waals surface area contributed by atoms with Gasteiger partial charge in [0, 0.05) is 6.04 Å². The fourth-order valence-corrected chi connectivity index (χ4v) is 0.421. The van der Waals surface area contributed by atoms with Gasteiger partial charge in [-0.1, -0.05) is 11.6 Å². The average Bonchev–Trinajstić information content (AvgIpc) is 2.01. The summed E-state index contributed by atoms with van der Waals surface area (Å²) in [6, 6.07) is -0.314. The summed E-state index contributed by atoms with van der Waals surface area (Å²) in [6.07, 6.45) is 0. The minimum atomic E-state index is -0.168. The van der Waals surface area contributed by atoms with Crippen LogP contribution >= 0.6 is 11.6 Å². The van der Waals surface area contributed by atoms with Crippen LogP contribution in [0.1, 0.15) is 2.74 Å². The second kappa shape index (κ2) is 2.64. The highest BCUT2D eigenvalue weighted by atomic mass is 35.5. The third kappa shape index (κ3) is 1.54. The van der Waals surface area contributed by atoms with Crippen molar-refractivity contribution in [2.24, 2.45) is 0 Å². The van der Waals surface area contributed by atoms with Gasteiger partial charge < -0.3 is 4.74 Å². The lowest BCUT2D eigenvalue weighted by Gasteiger charge is -1.93. The molecule has 1 aromatic rings. The van der Waals surface area contributed by atoms with Crippen LogP contribution in [-0.4, -0.2) is 17.3 Å². The highest BCUT2D eigenvalue weighted by Crippen LogP contribution is 2.06. The van der Waals surface area contributed by atoms with Gasteiger partial charge in [0.25, 0.3) is 0 Å². The van der Waals surface area contributed by atoms with E-state index in [1.165, 1.54) is 7.11 Å². The van der Waals surface area contributed by atoms with E-state index in [0.717, 1.165) is 0 Å². The summed E-state index contributed by atoms with van der Waals surface area (Å²) in [7, 11) is 1.36. The molecule has 3 nitrogen and oxygen atoms in total. The second-order valence-corrected chi connectivity index (χ2v) is 1.61. The monoisotopic (exact) mass is 146 g/mol. The predicted octanol–water partition coefficient (Wildman–Crippen LogP) is 1.14. The van der Waals surface area contributed by atoms with Crippen LogP contribution in [0.2, 0.25) is 5.15 Å². The summed E-state index contributed by atoms with van der Waals surface area (Å²) in [4.78, 5) is 0. The van der Waals surface area contributed by atoms with Crippen molar-refractivity contribution in [3.05, 3.63) is 17.2 Å². The van der Waals surface area contributed by atoms with E-state index in [9.17, 15) is 0 Å². The first kappa shape index (κ1) is 4.06. The van der Waals surface area contributed by atoms with E-state index in [0.29, 0.717) is 0 Å². The maximum atomic E-state index is 7.24. The summed E-state index contributed by atoms with van der Waals surface area (Å²) in [5.74, 6) is 0.0133. The van der Waals surface area contributed by atoms with E-state index in [2.05, 4.69) is 14.9 Å². The van der Waals surface area contributed by atoms with Crippen molar-refractivity contribution in [3.8, 4) is 5.88 Å². The SMILES string of the molecule is [2H]c1c(Cl)nnc(OC)c1[2H]. The van der Waals surface area contributed by atoms with E-state index in [1.807, 2.05) is 0 Å². The van der Waals surface area contributed by atoms with Crippen LogP contribution in [0.5, 0.6) is 5.88 Å². The minimum absolute atomic E-state index is 0.0133. The van der Waals surface area contributed by atoms with Gasteiger partial charge in [-0.3, -0.25) is 0 Å². The highest BCUT2D eigenvalue weighted by Gasteiger charge is 1.90. The lowest BCUT2D eigenvalue weighted by atomic mass is 10.6. The maximum absolute atomic E-state index is 7.24. The Morgan fingerprint density at radius 3 is 3.11 bits per heavy atom. The smallest absolute Gasteiger partial charge is 0.233 e. The van der Waals surface area contributed by atoms with Crippen LogP contribution in [0, 0.1) is 0 Å². The van der Waals surface area contributed by atoms with E-state index in [4.69, 9.17) is 14.3 Å². The van der Waals surface area contributed by atoms with Gasteiger partial charge in [0.2, 0.25) is 5.88 Å². The quantitative estimate of drug-likeness (QED) is 0.596. The molecule has 0 unspecified atom stereocenters. The zero-order chi connectivity index (χ0) is 8.43. The van der Waals surface area contributed by atoms with Crippen molar-refractivity contribution >= 4 is 11.6 Å². The number of aromatic nitrogens is 2. The Balaban J connectivity index is 3.25. The fraction of sp³-hybridized carbons (Fsp3) is 0.200. The number of halogens is 1. The number of hydrogen-bond acceptors (Lipinski definition) is 3. The fourth-order valence-electron chi connectivity index (χ4n) is 0.336. The molecule has 0 aromatic carbocycles. The number of hydrogen-bond donors (Lipinski definition) is 0. The molecule has 0 amide bonds. The molecule has 0 bridgehead atoms. The normalized spacial score (nSPS) is 12.2. The molecule has 9 heavy (non-hydrogen) atoms. The Bertz CT molecular complexity index is 281. The van der Waals surface area contributed by atoms with Gasteiger partial charge in [-0.2, -0.15) is 0 Å². The minimum Gasteiger partial charge on any atom is -0.480 e. The summed E-state index contributed by atoms with van der Waals surface area (Å²) < 4.78 is 19.1. The summed E-state index contributed by atoms with van der Waals surface area (Å²) in [5.41, 5.74) is 0. The standard InChI is InChI=1S/C5H5ClN2O/c1-9-5-3-2-4(6)7-8-5/h2-3H,1H3/i2D,3D. The molecule has 0 atom stereocenters. The van der Waals surface area contributed by atoms with Crippen LogP contribution < -0.4 is 4.74 Å². The molecular weight excluding hydrogens is 140 g/mol. The lowest BCUT2D eigenvalue weighted by molar-refractivity contribution is 0.392. The maximum Gasteiger partial charge on any atom is 0.233 e. The topological polar surface area (TPSA) is 35.0 Å². The first-order valence-electron chi connectivity index (χ1n) is 3.20. The van der Waals surface area contributed by atoms with Gasteiger partial charge >= 0.3 is 0 Å². The van der Waals surface area contributed by atoms with Crippen LogP contribution in [0.4, 0.5) is 0 Å². The number of methoxy groups -OCH3 is 1. The Morgan fingerprint density at radius 1 is 1.67 bits per heavy atom. The molecule has 0 spiro atoms. The second-order valence-electron chi connectivity index (χ2n) is 1.25. The Labute approximate surface area is 60.4 Å². The van der Waals surface area contributed by atoms with Crippen molar-refractivity contribution in [2.75, 3.05) is 7.11 Å². The molecule has 0 radical (unpaired) electrons. The van der Waals surface area contributed by atoms with Crippen molar-refractivity contribution in [3.63, 3.8) is 0 Å². The molecule has 0 saturated heterocycles. The molecule has 0 saturated carbocycles. The summed E-state index contributed by atoms with van der Waals surface area (Å²) >= 11 is 5.41. The van der Waals surface area contributed by atoms with Crippen molar-refractivity contribution < 1.29 is 7.48 Å². The number of rotatable bonds is 1. The molecule has 4 heteroatoms. The van der Waals surface area contributed by atoms with Gasteiger partial charge in [0.1, 0.15) is 0 Å². The Kier molecular flexibility index (Phi) is 1.19. The molecule has 1 aromatic heterocycles. The predicted molar refractivity (Wildman–Crippen MR) is 33.6 cm³/mol. The van der Waals surface area contributed by atoms with E-state index < -0.39 is 0 Å². The Hall–Kier alpha value is -0.830. The molecule has 0 aliphatic rings. The molecule has 0 N–H and O–H groups in total. The van der Waals surface area contributed by atoms with Gasteiger partial charge in [0.15, 0.2) is 5.15 Å². The third-order valence-electron chi connectivity index (χ3n) is 0.695. The zero-order valence-electron chi connectivity index (χ0n) is 6.68. The third-order valence-corrected chi connectivity index (χ3v) is 0.865. The summed E-state index contributed by atoms with van der Waals surface area (Å²) in [5, 5.41) is 6.75. The van der Waals surface area contributed by atoms with E-state index in [1.54, 1.807) is 0 Å². The van der Waals surface area contributed by atoms with Crippen LogP contribution in [0.3, 0.4) is 0 Å². The molecule has 0 aliphatic heterocycles. The first-order valence-corrected chi connectivity index (χ1v) is 2.58. The average molecular weight is 147 g/mol. The van der Waals surface area contributed by atoms with Crippen molar-refractivity contribution in [1.82, 2.24) is 10.2 Å². The van der Waals surface area contributed by atoms with Gasteiger partial charge in [-0.25, -0.2) is 0 Å². The Morgan fingerprint density at radius 2 is 2.44 bits per heavy atom. The molecule has 1 rings (SSSR count). The molecular formula is C5H5ClN2O. The first-order chi connectivity index (χ1) is 5.16. The molecule has 48 valence electrons. The van der Waals surface area contributed by atoms with Gasteiger partial charge in [-0.15, -0.1) is 10.2 Å². The van der Waals surface area contributed by atoms with Crippen molar-refractivity contribution in [2.45, 2.75) is 0 Å². The lowest BCUT2D eigenvalue weighted by Crippen LogP contribution is -1.88. The van der Waals surface area contributed by atoms with Gasteiger partial charge in [-0.05, 0) is 6.04 Å². The number of nitrogens with zero attached hydrogens (tertiary/aromatic N) is 2. The van der Waals surface area contributed by atoms with Crippen LogP contribution in [0.15, 0.2) is 12.1 Å². The van der Waals surface area contributed by atoms with E-state index in [-0.39, 0.29) is 23.1 Å². The van der Waals surface area contributed by atoms with Crippen LogP contribution in [0.25, 0.3) is 0 Å². The van der Waals surface area contributed by atoms with Crippen LogP contribution in [-0.2, 0) is 0 Å². The molecule has 1 heterocycles. The van der Waals surface area contributed by atoms with Crippen molar-refractivity contribution in [1.29, 1.82) is 0 Å². The number of ether oxygens (including phenoxy) is 1. The van der Waals surface area contributed by atoms with E-state index >= 15 is 0 Å². The summed E-state index contributed by atoms with van der Waals surface area (Å²) in [6.45, 7) is 0. The largest absolute Gasteiger partial charge is 0.480 e. The highest BCUT2D eigenvalue weighted by molar-refractivity contribution is 6.29. The molecule has 0 fully saturated rings. The van der Waals surface area contributed by atoms with Gasteiger partial charge in [0.05, 0.1) is 9.85 Å². The zero-order valence-corrected chi connectivity index (χ0v) is 5.44. The molecule has 0 aliphatic carbocycles.